The van der Waals surface area contributed by atoms with Crippen LogP contribution in [0.1, 0.15) is 12.0 Å². The number of hydrogen-bond donors (Lipinski definition) is 0. The molecule has 22 heavy (non-hydrogen) atoms. The van der Waals surface area contributed by atoms with Crippen molar-refractivity contribution in [3.63, 3.8) is 0 Å². The Bertz CT molecular complexity index is 612. The molecule has 1 fully saturated rings. The van der Waals surface area contributed by atoms with Crippen molar-refractivity contribution >= 4 is 11.6 Å². The fraction of sp³-hybridized carbons (Fsp3) is 0.316. The van der Waals surface area contributed by atoms with Gasteiger partial charge in [0.2, 0.25) is 5.91 Å². The first-order chi connectivity index (χ1) is 10.7. The molecule has 1 saturated heterocycles. The molecule has 0 saturated carbocycles. The minimum Gasteiger partial charge on any atom is -0.308 e. The highest BCUT2D eigenvalue weighted by Gasteiger charge is 2.30. The number of anilines is 1. The Hall–Kier alpha value is -2.13. The summed E-state index contributed by atoms with van der Waals surface area (Å²) in [7, 11) is 2.08. The van der Waals surface area contributed by atoms with E-state index in [1.165, 1.54) is 0 Å². The van der Waals surface area contributed by atoms with E-state index < -0.39 is 0 Å². The summed E-state index contributed by atoms with van der Waals surface area (Å²) in [4.78, 5) is 17.2. The molecule has 0 aliphatic carbocycles. The first kappa shape index (κ1) is 14.8. The number of benzene rings is 2. The van der Waals surface area contributed by atoms with Gasteiger partial charge in [0.05, 0.1) is 12.5 Å². The zero-order valence-electron chi connectivity index (χ0n) is 13.0. The molecule has 1 unspecified atom stereocenters. The van der Waals surface area contributed by atoms with E-state index in [0.717, 1.165) is 30.8 Å². The van der Waals surface area contributed by atoms with Crippen molar-refractivity contribution in [1.82, 2.24) is 4.90 Å². The molecule has 0 spiro atoms. The molecule has 1 heterocycles. The molecular weight excluding hydrogens is 272 g/mol. The van der Waals surface area contributed by atoms with E-state index in [-0.39, 0.29) is 11.8 Å². The largest absolute Gasteiger partial charge is 0.308 e. The number of para-hydroxylation sites is 1. The van der Waals surface area contributed by atoms with Gasteiger partial charge in [-0.25, -0.2) is 0 Å². The van der Waals surface area contributed by atoms with Crippen molar-refractivity contribution in [3.05, 3.63) is 66.2 Å². The molecule has 0 radical (unpaired) electrons. The summed E-state index contributed by atoms with van der Waals surface area (Å²) in [6.07, 6.45) is 0.952. The quantitative estimate of drug-likeness (QED) is 0.864. The molecular formula is C19H22N2O. The number of nitrogens with zero attached hydrogens (tertiary/aromatic N) is 2. The SMILES string of the molecule is CN1CCC(C(=O)N(Cc2ccccc2)c2ccccc2)C1. The summed E-state index contributed by atoms with van der Waals surface area (Å²) in [5, 5.41) is 0. The predicted octanol–water partition coefficient (Wildman–Crippen LogP) is 3.17. The number of likely N-dealkylation sites (tertiary alicyclic amines) is 1. The summed E-state index contributed by atoms with van der Waals surface area (Å²) < 4.78 is 0. The molecule has 1 atom stereocenters. The second-order valence-corrected chi connectivity index (χ2v) is 5.99. The Labute approximate surface area is 132 Å². The van der Waals surface area contributed by atoms with Crippen LogP contribution in [0.25, 0.3) is 0 Å². The highest BCUT2D eigenvalue weighted by molar-refractivity contribution is 5.95. The molecule has 1 amide bonds. The average Bonchev–Trinajstić information content (AvgIpc) is 3.00. The minimum atomic E-state index is 0.105. The maximum Gasteiger partial charge on any atom is 0.231 e. The number of amides is 1. The van der Waals surface area contributed by atoms with Crippen LogP contribution in [-0.2, 0) is 11.3 Å². The van der Waals surface area contributed by atoms with Gasteiger partial charge < -0.3 is 9.80 Å². The van der Waals surface area contributed by atoms with Gasteiger partial charge >= 0.3 is 0 Å². The van der Waals surface area contributed by atoms with Crippen LogP contribution in [0.2, 0.25) is 0 Å². The first-order valence-electron chi connectivity index (χ1n) is 7.83. The average molecular weight is 294 g/mol. The molecule has 2 aromatic carbocycles. The van der Waals surface area contributed by atoms with Crippen molar-refractivity contribution in [3.8, 4) is 0 Å². The lowest BCUT2D eigenvalue weighted by atomic mass is 10.1. The molecule has 3 rings (SSSR count). The van der Waals surface area contributed by atoms with E-state index in [4.69, 9.17) is 0 Å². The maximum atomic E-state index is 13.0. The zero-order valence-corrected chi connectivity index (χ0v) is 13.0. The third-order valence-electron chi connectivity index (χ3n) is 4.26. The lowest BCUT2D eigenvalue weighted by Crippen LogP contribution is -2.36. The third kappa shape index (κ3) is 3.37. The minimum absolute atomic E-state index is 0.105. The van der Waals surface area contributed by atoms with E-state index in [1.54, 1.807) is 0 Å². The van der Waals surface area contributed by atoms with Crippen molar-refractivity contribution in [2.75, 3.05) is 25.0 Å². The van der Waals surface area contributed by atoms with Crippen LogP contribution in [-0.4, -0.2) is 30.9 Å². The fourth-order valence-electron chi connectivity index (χ4n) is 3.03. The van der Waals surface area contributed by atoms with Crippen molar-refractivity contribution < 1.29 is 4.79 Å². The van der Waals surface area contributed by atoms with Gasteiger partial charge in [0, 0.05) is 12.2 Å². The highest BCUT2D eigenvalue weighted by Crippen LogP contribution is 2.23. The molecule has 1 aliphatic rings. The molecule has 114 valence electrons. The molecule has 0 N–H and O–H groups in total. The molecule has 2 aromatic rings. The smallest absolute Gasteiger partial charge is 0.231 e. The van der Waals surface area contributed by atoms with Gasteiger partial charge in [-0.15, -0.1) is 0 Å². The normalized spacial score (nSPS) is 18.3. The molecule has 1 aliphatic heterocycles. The number of carbonyl (C=O) groups is 1. The zero-order chi connectivity index (χ0) is 15.4. The van der Waals surface area contributed by atoms with Crippen LogP contribution in [0.4, 0.5) is 5.69 Å². The van der Waals surface area contributed by atoms with Gasteiger partial charge in [0.1, 0.15) is 0 Å². The van der Waals surface area contributed by atoms with Crippen molar-refractivity contribution in [1.29, 1.82) is 0 Å². The Morgan fingerprint density at radius 1 is 1.09 bits per heavy atom. The van der Waals surface area contributed by atoms with Gasteiger partial charge in [-0.3, -0.25) is 4.79 Å². The van der Waals surface area contributed by atoms with Crippen LogP contribution in [0.5, 0.6) is 0 Å². The Morgan fingerprint density at radius 2 is 1.73 bits per heavy atom. The van der Waals surface area contributed by atoms with Crippen molar-refractivity contribution in [2.45, 2.75) is 13.0 Å². The summed E-state index contributed by atoms with van der Waals surface area (Å²) in [6.45, 7) is 2.49. The second kappa shape index (κ2) is 6.75. The Balaban J connectivity index is 1.84. The summed E-state index contributed by atoms with van der Waals surface area (Å²) >= 11 is 0. The summed E-state index contributed by atoms with van der Waals surface area (Å²) in [5.74, 6) is 0.341. The number of hydrogen-bond acceptors (Lipinski definition) is 2. The van der Waals surface area contributed by atoms with Gasteiger partial charge in [0.25, 0.3) is 0 Å². The molecule has 3 heteroatoms. The Morgan fingerprint density at radius 3 is 2.32 bits per heavy atom. The molecule has 3 nitrogen and oxygen atoms in total. The lowest BCUT2D eigenvalue weighted by Gasteiger charge is -2.26. The molecule has 0 bridgehead atoms. The second-order valence-electron chi connectivity index (χ2n) is 5.99. The predicted molar refractivity (Wildman–Crippen MR) is 89.7 cm³/mol. The van der Waals surface area contributed by atoms with E-state index in [9.17, 15) is 4.79 Å². The van der Waals surface area contributed by atoms with Crippen LogP contribution in [0.15, 0.2) is 60.7 Å². The van der Waals surface area contributed by atoms with E-state index >= 15 is 0 Å². The van der Waals surface area contributed by atoms with Crippen LogP contribution in [0.3, 0.4) is 0 Å². The topological polar surface area (TPSA) is 23.6 Å². The van der Waals surface area contributed by atoms with Crippen LogP contribution in [0, 0.1) is 5.92 Å². The van der Waals surface area contributed by atoms with Crippen molar-refractivity contribution in [2.24, 2.45) is 5.92 Å². The lowest BCUT2D eigenvalue weighted by molar-refractivity contribution is -0.122. The van der Waals surface area contributed by atoms with Gasteiger partial charge in [-0.1, -0.05) is 48.5 Å². The summed E-state index contributed by atoms with van der Waals surface area (Å²) in [5.41, 5.74) is 2.14. The van der Waals surface area contributed by atoms with Crippen LogP contribution >= 0.6 is 0 Å². The monoisotopic (exact) mass is 294 g/mol. The van der Waals surface area contributed by atoms with Gasteiger partial charge in [-0.2, -0.15) is 0 Å². The standard InChI is InChI=1S/C19H22N2O/c1-20-13-12-17(15-20)19(22)21(18-10-6-3-7-11-18)14-16-8-4-2-5-9-16/h2-11,17H,12-15H2,1H3. The fourth-order valence-corrected chi connectivity index (χ4v) is 3.03. The van der Waals surface area contributed by atoms with Crippen LogP contribution < -0.4 is 4.90 Å². The van der Waals surface area contributed by atoms with E-state index in [2.05, 4.69) is 24.1 Å². The number of carbonyl (C=O) groups excluding carboxylic acids is 1. The summed E-state index contributed by atoms with van der Waals surface area (Å²) in [6, 6.07) is 20.2. The first-order valence-corrected chi connectivity index (χ1v) is 7.83. The molecule has 0 aromatic heterocycles. The Kier molecular flexibility index (Phi) is 4.54. The highest BCUT2D eigenvalue weighted by atomic mass is 16.2. The van der Waals surface area contributed by atoms with Gasteiger partial charge in [0.15, 0.2) is 0 Å². The van der Waals surface area contributed by atoms with Gasteiger partial charge in [-0.05, 0) is 37.7 Å². The number of rotatable bonds is 4. The third-order valence-corrected chi connectivity index (χ3v) is 4.26. The van der Waals surface area contributed by atoms with E-state index in [1.807, 2.05) is 53.4 Å². The van der Waals surface area contributed by atoms with E-state index in [0.29, 0.717) is 6.54 Å². The maximum absolute atomic E-state index is 13.0.